The lowest BCUT2D eigenvalue weighted by atomic mass is 10.1. The van der Waals surface area contributed by atoms with Gasteiger partial charge in [0.05, 0.1) is 13.7 Å². The second-order valence-electron chi connectivity index (χ2n) is 3.82. The summed E-state index contributed by atoms with van der Waals surface area (Å²) in [6.45, 7) is 3.89. The minimum Gasteiger partial charge on any atom is -0.467 e. The fourth-order valence-electron chi connectivity index (χ4n) is 1.92. The number of methoxy groups -OCH3 is 1. The van der Waals surface area contributed by atoms with Crippen molar-refractivity contribution >= 4 is 5.97 Å². The van der Waals surface area contributed by atoms with Crippen LogP contribution in [0, 0.1) is 0 Å². The normalized spacial score (nSPS) is 43.6. The van der Waals surface area contributed by atoms with E-state index < -0.39 is 24.5 Å². The zero-order chi connectivity index (χ0) is 11.7. The highest BCUT2D eigenvalue weighted by Gasteiger charge is 2.46. The Hall–Kier alpha value is -0.690. The molecule has 6 nitrogen and oxygen atoms in total. The lowest BCUT2D eigenvalue weighted by Crippen LogP contribution is -2.59. The Balaban J connectivity index is 2.12. The predicted octanol–water partition coefficient (Wildman–Crippen LogP) is 0.0508. The van der Waals surface area contributed by atoms with Crippen LogP contribution in [0.1, 0.15) is 13.8 Å². The van der Waals surface area contributed by atoms with E-state index in [9.17, 15) is 4.79 Å². The van der Waals surface area contributed by atoms with Gasteiger partial charge >= 0.3 is 5.97 Å². The molecule has 0 radical (unpaired) electrons. The van der Waals surface area contributed by atoms with Crippen molar-refractivity contribution < 1.29 is 28.5 Å². The molecule has 5 atom stereocenters. The van der Waals surface area contributed by atoms with Crippen LogP contribution in [0.25, 0.3) is 0 Å². The monoisotopic (exact) mass is 232 g/mol. The number of carbonyl (C=O) groups excluding carboxylic acids is 1. The van der Waals surface area contributed by atoms with Crippen LogP contribution in [-0.4, -0.2) is 50.6 Å². The third-order valence-electron chi connectivity index (χ3n) is 2.65. The Morgan fingerprint density at radius 2 is 1.94 bits per heavy atom. The Morgan fingerprint density at radius 1 is 1.19 bits per heavy atom. The second kappa shape index (κ2) is 4.67. The molecule has 0 saturated carbocycles. The third-order valence-corrected chi connectivity index (χ3v) is 2.65. The molecule has 0 aromatic rings. The number of hydrogen-bond donors (Lipinski definition) is 0. The topological polar surface area (TPSA) is 63.2 Å². The van der Waals surface area contributed by atoms with Crippen LogP contribution in [0.15, 0.2) is 0 Å². The van der Waals surface area contributed by atoms with Gasteiger partial charge in [0.2, 0.25) is 0 Å². The maximum absolute atomic E-state index is 11.6. The molecule has 0 aromatic heterocycles. The number of carbonyl (C=O) groups is 1. The number of fused-ring (bicyclic) bond motifs is 1. The lowest BCUT2D eigenvalue weighted by Gasteiger charge is -2.43. The van der Waals surface area contributed by atoms with Gasteiger partial charge in [-0.25, -0.2) is 4.79 Å². The van der Waals surface area contributed by atoms with Gasteiger partial charge in [-0.05, 0) is 13.8 Å². The summed E-state index contributed by atoms with van der Waals surface area (Å²) in [4.78, 5) is 11.6. The van der Waals surface area contributed by atoms with Gasteiger partial charge in [-0.1, -0.05) is 0 Å². The standard InChI is InChI=1S/C10H16O6/c1-5-13-4-7-8(15-5)9(10(11)12-3)16-6(2)14-7/h5-9H,4H2,1-3H3/t5-,6-,7-,8-,9-/m1/s1. The number of rotatable bonds is 1. The molecule has 2 aliphatic rings. The Bertz CT molecular complexity index is 268. The van der Waals surface area contributed by atoms with Crippen molar-refractivity contribution in [2.45, 2.75) is 44.7 Å². The second-order valence-corrected chi connectivity index (χ2v) is 3.82. The fraction of sp³-hybridized carbons (Fsp3) is 0.900. The van der Waals surface area contributed by atoms with Crippen LogP contribution < -0.4 is 0 Å². The highest BCUT2D eigenvalue weighted by atomic mass is 16.8. The van der Waals surface area contributed by atoms with E-state index in [2.05, 4.69) is 4.74 Å². The maximum Gasteiger partial charge on any atom is 0.337 e. The van der Waals surface area contributed by atoms with Gasteiger partial charge in [-0.15, -0.1) is 0 Å². The molecule has 2 fully saturated rings. The molecule has 92 valence electrons. The summed E-state index contributed by atoms with van der Waals surface area (Å²) >= 11 is 0. The van der Waals surface area contributed by atoms with E-state index >= 15 is 0 Å². The lowest BCUT2D eigenvalue weighted by molar-refractivity contribution is -0.346. The summed E-state index contributed by atoms with van der Waals surface area (Å²) in [6, 6.07) is 0. The quantitative estimate of drug-likeness (QED) is 0.595. The van der Waals surface area contributed by atoms with E-state index in [0.717, 1.165) is 0 Å². The van der Waals surface area contributed by atoms with Crippen molar-refractivity contribution in [3.63, 3.8) is 0 Å². The average Bonchev–Trinajstić information content (AvgIpc) is 2.27. The Labute approximate surface area is 93.7 Å². The van der Waals surface area contributed by atoms with Crippen LogP contribution >= 0.6 is 0 Å². The molecular formula is C10H16O6. The minimum absolute atomic E-state index is 0.288. The summed E-state index contributed by atoms with van der Waals surface area (Å²) in [6.07, 6.45) is -2.33. The van der Waals surface area contributed by atoms with E-state index in [0.29, 0.717) is 6.61 Å². The van der Waals surface area contributed by atoms with Gasteiger partial charge in [0.15, 0.2) is 18.7 Å². The van der Waals surface area contributed by atoms with E-state index in [1.165, 1.54) is 7.11 Å². The van der Waals surface area contributed by atoms with Gasteiger partial charge in [-0.3, -0.25) is 0 Å². The Morgan fingerprint density at radius 3 is 2.62 bits per heavy atom. The highest BCUT2D eigenvalue weighted by Crippen LogP contribution is 2.27. The molecule has 0 bridgehead atoms. The van der Waals surface area contributed by atoms with Crippen LogP contribution in [0.2, 0.25) is 0 Å². The van der Waals surface area contributed by atoms with E-state index in [1.807, 2.05) is 0 Å². The number of esters is 1. The molecule has 2 aliphatic heterocycles. The zero-order valence-corrected chi connectivity index (χ0v) is 9.54. The van der Waals surface area contributed by atoms with E-state index in [-0.39, 0.29) is 12.4 Å². The molecule has 6 heteroatoms. The molecule has 0 aliphatic carbocycles. The molecule has 0 amide bonds. The molecule has 0 aromatic carbocycles. The molecule has 0 unspecified atom stereocenters. The predicted molar refractivity (Wildman–Crippen MR) is 51.5 cm³/mol. The molecule has 2 saturated heterocycles. The maximum atomic E-state index is 11.6. The minimum atomic E-state index is -0.745. The van der Waals surface area contributed by atoms with E-state index in [1.54, 1.807) is 13.8 Å². The van der Waals surface area contributed by atoms with Gasteiger partial charge in [0.25, 0.3) is 0 Å². The van der Waals surface area contributed by atoms with Gasteiger partial charge in [0, 0.05) is 0 Å². The molecule has 0 spiro atoms. The summed E-state index contributed by atoms with van der Waals surface area (Å²) in [5.74, 6) is -0.445. The first-order valence-electron chi connectivity index (χ1n) is 5.27. The van der Waals surface area contributed by atoms with Crippen molar-refractivity contribution in [3.05, 3.63) is 0 Å². The number of hydrogen-bond acceptors (Lipinski definition) is 6. The van der Waals surface area contributed by atoms with Crippen LogP contribution in [0.4, 0.5) is 0 Å². The number of ether oxygens (including phenoxy) is 5. The highest BCUT2D eigenvalue weighted by molar-refractivity contribution is 5.75. The largest absolute Gasteiger partial charge is 0.467 e. The summed E-state index contributed by atoms with van der Waals surface area (Å²) in [5, 5.41) is 0. The SMILES string of the molecule is COC(=O)[C@@H]1O[C@H](C)O[C@@H]2CO[C@@H](C)O[C@H]21. The summed E-state index contributed by atoms with van der Waals surface area (Å²) in [5.41, 5.74) is 0. The Kier molecular flexibility index (Phi) is 3.44. The molecule has 2 rings (SSSR count). The average molecular weight is 232 g/mol. The van der Waals surface area contributed by atoms with Crippen LogP contribution in [-0.2, 0) is 28.5 Å². The van der Waals surface area contributed by atoms with Gasteiger partial charge < -0.3 is 23.7 Å². The van der Waals surface area contributed by atoms with Crippen LogP contribution in [0.5, 0.6) is 0 Å². The zero-order valence-electron chi connectivity index (χ0n) is 9.54. The fourth-order valence-corrected chi connectivity index (χ4v) is 1.92. The van der Waals surface area contributed by atoms with Crippen LogP contribution in [0.3, 0.4) is 0 Å². The molecule has 2 heterocycles. The van der Waals surface area contributed by atoms with Crippen molar-refractivity contribution in [1.29, 1.82) is 0 Å². The van der Waals surface area contributed by atoms with E-state index in [4.69, 9.17) is 18.9 Å². The first-order chi connectivity index (χ1) is 7.61. The smallest absolute Gasteiger partial charge is 0.337 e. The third kappa shape index (κ3) is 2.20. The summed E-state index contributed by atoms with van der Waals surface area (Å²) in [7, 11) is 1.32. The summed E-state index contributed by atoms with van der Waals surface area (Å²) < 4.78 is 26.3. The first kappa shape index (κ1) is 11.8. The molecule has 16 heavy (non-hydrogen) atoms. The van der Waals surface area contributed by atoms with Gasteiger partial charge in [-0.2, -0.15) is 0 Å². The van der Waals surface area contributed by atoms with Crippen molar-refractivity contribution in [2.75, 3.05) is 13.7 Å². The van der Waals surface area contributed by atoms with Crippen molar-refractivity contribution in [3.8, 4) is 0 Å². The van der Waals surface area contributed by atoms with Gasteiger partial charge in [0.1, 0.15) is 12.2 Å². The van der Waals surface area contributed by atoms with Crippen molar-refractivity contribution in [2.24, 2.45) is 0 Å². The molecular weight excluding hydrogens is 216 g/mol. The van der Waals surface area contributed by atoms with Crippen molar-refractivity contribution in [1.82, 2.24) is 0 Å². The molecule has 0 N–H and O–H groups in total. The first-order valence-corrected chi connectivity index (χ1v) is 5.27.